The molecule has 1 aromatic heterocycles. The van der Waals surface area contributed by atoms with E-state index in [1.165, 1.54) is 0 Å². The lowest BCUT2D eigenvalue weighted by Gasteiger charge is -2.21. The van der Waals surface area contributed by atoms with Crippen molar-refractivity contribution in [2.24, 2.45) is 0 Å². The van der Waals surface area contributed by atoms with Gasteiger partial charge in [-0.15, -0.1) is 0 Å². The molecule has 1 fully saturated rings. The lowest BCUT2D eigenvalue weighted by Crippen LogP contribution is -2.24. The van der Waals surface area contributed by atoms with Crippen LogP contribution in [-0.2, 0) is 16.1 Å². The molecule has 1 aliphatic heterocycles. The molecular weight excluding hydrogens is 318 g/mol. The van der Waals surface area contributed by atoms with Gasteiger partial charge in [0.25, 0.3) is 0 Å². The SMILES string of the molecule is O=C(CCOc1ccccc1)NCc1cnc([C@H]2CCCCO2)nc1. The molecule has 1 saturated heterocycles. The maximum absolute atomic E-state index is 11.9. The molecule has 25 heavy (non-hydrogen) atoms. The number of aromatic nitrogens is 2. The Morgan fingerprint density at radius 3 is 2.72 bits per heavy atom. The number of ether oxygens (including phenoxy) is 2. The quantitative estimate of drug-likeness (QED) is 0.838. The number of amides is 1. The first-order valence-corrected chi connectivity index (χ1v) is 8.68. The summed E-state index contributed by atoms with van der Waals surface area (Å²) in [6.45, 7) is 1.54. The molecule has 1 aliphatic rings. The first-order chi connectivity index (χ1) is 12.3. The van der Waals surface area contributed by atoms with Gasteiger partial charge in [-0.3, -0.25) is 4.79 Å². The second-order valence-corrected chi connectivity index (χ2v) is 5.99. The predicted molar refractivity (Wildman–Crippen MR) is 93.0 cm³/mol. The smallest absolute Gasteiger partial charge is 0.223 e. The topological polar surface area (TPSA) is 73.3 Å². The van der Waals surface area contributed by atoms with Gasteiger partial charge in [-0.2, -0.15) is 0 Å². The largest absolute Gasteiger partial charge is 0.493 e. The Labute approximate surface area is 147 Å². The van der Waals surface area contributed by atoms with E-state index in [0.29, 0.717) is 19.6 Å². The molecule has 1 N–H and O–H groups in total. The molecule has 132 valence electrons. The van der Waals surface area contributed by atoms with Gasteiger partial charge in [0.1, 0.15) is 11.9 Å². The van der Waals surface area contributed by atoms with Crippen molar-refractivity contribution in [1.29, 1.82) is 0 Å². The number of rotatable bonds is 7. The number of nitrogens with one attached hydrogen (secondary N) is 1. The Morgan fingerprint density at radius 2 is 2.00 bits per heavy atom. The third-order valence-electron chi connectivity index (χ3n) is 4.02. The molecule has 3 rings (SSSR count). The summed E-state index contributed by atoms with van der Waals surface area (Å²) in [6, 6.07) is 9.46. The molecule has 0 aliphatic carbocycles. The summed E-state index contributed by atoms with van der Waals surface area (Å²) in [7, 11) is 0. The van der Waals surface area contributed by atoms with Gasteiger partial charge in [-0.1, -0.05) is 18.2 Å². The standard InChI is InChI=1S/C19H23N3O3/c23-18(9-11-24-16-6-2-1-3-7-16)20-12-15-13-21-19(22-14-15)17-8-4-5-10-25-17/h1-3,6-7,13-14,17H,4-5,8-12H2,(H,20,23)/t17-/m1/s1. The van der Waals surface area contributed by atoms with Crippen LogP contribution < -0.4 is 10.1 Å². The van der Waals surface area contributed by atoms with Gasteiger partial charge in [0.05, 0.1) is 13.0 Å². The van der Waals surface area contributed by atoms with Gasteiger partial charge in [-0.25, -0.2) is 9.97 Å². The average molecular weight is 341 g/mol. The van der Waals surface area contributed by atoms with Crippen LogP contribution in [0.3, 0.4) is 0 Å². The Balaban J connectivity index is 1.38. The third kappa shape index (κ3) is 5.53. The second kappa shape index (κ2) is 9.13. The predicted octanol–water partition coefficient (Wildman–Crippen LogP) is 2.80. The van der Waals surface area contributed by atoms with E-state index in [-0.39, 0.29) is 12.0 Å². The number of benzene rings is 1. The van der Waals surface area contributed by atoms with E-state index in [0.717, 1.165) is 43.0 Å². The maximum Gasteiger partial charge on any atom is 0.223 e. The van der Waals surface area contributed by atoms with Gasteiger partial charge in [0.15, 0.2) is 5.82 Å². The van der Waals surface area contributed by atoms with E-state index in [1.54, 1.807) is 12.4 Å². The molecule has 2 heterocycles. The Kier molecular flexibility index (Phi) is 6.34. The molecule has 0 saturated carbocycles. The second-order valence-electron chi connectivity index (χ2n) is 5.99. The van der Waals surface area contributed by atoms with Crippen LogP contribution in [0.15, 0.2) is 42.7 Å². The zero-order chi connectivity index (χ0) is 17.3. The number of carbonyl (C=O) groups is 1. The molecular formula is C19H23N3O3. The normalized spacial score (nSPS) is 17.0. The van der Waals surface area contributed by atoms with Crippen molar-refractivity contribution in [1.82, 2.24) is 15.3 Å². The highest BCUT2D eigenvalue weighted by molar-refractivity contribution is 5.75. The van der Waals surface area contributed by atoms with Crippen LogP contribution in [0.1, 0.15) is 43.2 Å². The summed E-state index contributed by atoms with van der Waals surface area (Å²) >= 11 is 0. The van der Waals surface area contributed by atoms with Crippen molar-refractivity contribution in [2.75, 3.05) is 13.2 Å². The number of nitrogens with zero attached hydrogens (tertiary/aromatic N) is 2. The number of hydrogen-bond donors (Lipinski definition) is 1. The van der Waals surface area contributed by atoms with Gasteiger partial charge in [-0.05, 0) is 31.4 Å². The van der Waals surface area contributed by atoms with Crippen LogP contribution in [0.5, 0.6) is 5.75 Å². The summed E-state index contributed by atoms with van der Waals surface area (Å²) < 4.78 is 11.2. The van der Waals surface area contributed by atoms with Crippen molar-refractivity contribution < 1.29 is 14.3 Å². The van der Waals surface area contributed by atoms with Crippen molar-refractivity contribution in [3.63, 3.8) is 0 Å². The van der Waals surface area contributed by atoms with Gasteiger partial charge in [0, 0.05) is 31.1 Å². The van der Waals surface area contributed by atoms with E-state index in [2.05, 4.69) is 15.3 Å². The molecule has 1 atom stereocenters. The van der Waals surface area contributed by atoms with Gasteiger partial charge >= 0.3 is 0 Å². The van der Waals surface area contributed by atoms with Crippen LogP contribution in [0, 0.1) is 0 Å². The molecule has 2 aromatic rings. The maximum atomic E-state index is 11.9. The molecule has 6 nitrogen and oxygen atoms in total. The van der Waals surface area contributed by atoms with E-state index >= 15 is 0 Å². The first-order valence-electron chi connectivity index (χ1n) is 8.68. The highest BCUT2D eigenvalue weighted by atomic mass is 16.5. The lowest BCUT2D eigenvalue weighted by atomic mass is 10.1. The highest BCUT2D eigenvalue weighted by Crippen LogP contribution is 2.24. The summed E-state index contributed by atoms with van der Waals surface area (Å²) in [5, 5.41) is 2.85. The Morgan fingerprint density at radius 1 is 1.20 bits per heavy atom. The van der Waals surface area contributed by atoms with Crippen LogP contribution in [-0.4, -0.2) is 29.1 Å². The zero-order valence-corrected chi connectivity index (χ0v) is 14.2. The summed E-state index contributed by atoms with van der Waals surface area (Å²) in [4.78, 5) is 20.6. The minimum absolute atomic E-state index is 0.00697. The summed E-state index contributed by atoms with van der Waals surface area (Å²) in [6.07, 6.45) is 7.04. The van der Waals surface area contributed by atoms with E-state index in [1.807, 2.05) is 30.3 Å². The van der Waals surface area contributed by atoms with Crippen LogP contribution in [0.25, 0.3) is 0 Å². The molecule has 6 heteroatoms. The molecule has 1 amide bonds. The van der Waals surface area contributed by atoms with Gasteiger partial charge in [0.2, 0.25) is 5.91 Å². The fourth-order valence-corrected chi connectivity index (χ4v) is 2.63. The van der Waals surface area contributed by atoms with E-state index < -0.39 is 0 Å². The molecule has 1 aromatic carbocycles. The van der Waals surface area contributed by atoms with Crippen molar-refractivity contribution in [2.45, 2.75) is 38.3 Å². The van der Waals surface area contributed by atoms with E-state index in [9.17, 15) is 4.79 Å². The minimum Gasteiger partial charge on any atom is -0.493 e. The third-order valence-corrected chi connectivity index (χ3v) is 4.02. The highest BCUT2D eigenvalue weighted by Gasteiger charge is 2.18. The first kappa shape index (κ1) is 17.4. The lowest BCUT2D eigenvalue weighted by molar-refractivity contribution is -0.121. The van der Waals surface area contributed by atoms with E-state index in [4.69, 9.17) is 9.47 Å². The van der Waals surface area contributed by atoms with Crippen molar-refractivity contribution in [3.8, 4) is 5.75 Å². The fourth-order valence-electron chi connectivity index (χ4n) is 2.63. The van der Waals surface area contributed by atoms with Crippen molar-refractivity contribution >= 4 is 5.91 Å². The van der Waals surface area contributed by atoms with Crippen LogP contribution in [0.4, 0.5) is 0 Å². The van der Waals surface area contributed by atoms with Crippen molar-refractivity contribution in [3.05, 3.63) is 54.1 Å². The Bertz CT molecular complexity index is 655. The molecule has 0 bridgehead atoms. The number of para-hydroxylation sites is 1. The van der Waals surface area contributed by atoms with Crippen LogP contribution in [0.2, 0.25) is 0 Å². The summed E-state index contributed by atoms with van der Waals surface area (Å²) in [5.74, 6) is 1.44. The minimum atomic E-state index is -0.0596. The number of hydrogen-bond acceptors (Lipinski definition) is 5. The monoisotopic (exact) mass is 341 g/mol. The van der Waals surface area contributed by atoms with Gasteiger partial charge < -0.3 is 14.8 Å². The number of carbonyl (C=O) groups excluding carboxylic acids is 1. The summed E-state index contributed by atoms with van der Waals surface area (Å²) in [5.41, 5.74) is 0.872. The molecule has 0 radical (unpaired) electrons. The fraction of sp³-hybridized carbons (Fsp3) is 0.421. The molecule has 0 spiro atoms. The van der Waals surface area contributed by atoms with Crippen LogP contribution >= 0.6 is 0 Å². The zero-order valence-electron chi connectivity index (χ0n) is 14.2. The Hall–Kier alpha value is -2.47. The molecule has 0 unspecified atom stereocenters. The average Bonchev–Trinajstić information content (AvgIpc) is 2.68.